The van der Waals surface area contributed by atoms with E-state index in [0.29, 0.717) is 6.10 Å². The minimum absolute atomic E-state index is 0.678. The van der Waals surface area contributed by atoms with Crippen LogP contribution in [0.4, 0.5) is 0 Å². The molecule has 1 heterocycles. The molecular weight excluding hydrogens is 136 g/mol. The van der Waals surface area contributed by atoms with Crippen LogP contribution in [0.3, 0.4) is 0 Å². The lowest BCUT2D eigenvalue weighted by atomic mass is 9.99. The smallest absolute Gasteiger partial charge is 0.0838 e. The van der Waals surface area contributed by atoms with E-state index in [1.54, 1.807) is 0 Å². The second-order valence-electron chi connectivity index (χ2n) is 4.10. The highest BCUT2D eigenvalue weighted by Crippen LogP contribution is 2.39. The van der Waals surface area contributed by atoms with Crippen molar-refractivity contribution in [1.29, 1.82) is 0 Å². The largest absolute Gasteiger partial charge is 0.373 e. The Labute approximate surface area is 69.1 Å². The molecule has 1 heteroatoms. The Bertz CT molecular complexity index is 129. The third-order valence-electron chi connectivity index (χ3n) is 3.16. The summed E-state index contributed by atoms with van der Waals surface area (Å²) in [5.41, 5.74) is 0. The average Bonchev–Trinajstić information content (AvgIpc) is 2.75. The molecule has 11 heavy (non-hydrogen) atoms. The van der Waals surface area contributed by atoms with E-state index >= 15 is 0 Å². The topological polar surface area (TPSA) is 12.5 Å². The van der Waals surface area contributed by atoms with Crippen molar-refractivity contribution < 1.29 is 4.74 Å². The summed E-state index contributed by atoms with van der Waals surface area (Å²) < 4.78 is 5.32. The summed E-state index contributed by atoms with van der Waals surface area (Å²) in [6.07, 6.45) is 7.86. The SMILES string of the molecule is CCCC1CCC(C2CO2)C1. The Balaban J connectivity index is 1.74. The first-order chi connectivity index (χ1) is 5.40. The van der Waals surface area contributed by atoms with E-state index in [1.165, 1.54) is 32.1 Å². The molecule has 64 valence electrons. The maximum atomic E-state index is 5.32. The van der Waals surface area contributed by atoms with Gasteiger partial charge in [0.1, 0.15) is 0 Å². The maximum Gasteiger partial charge on any atom is 0.0838 e. The van der Waals surface area contributed by atoms with Gasteiger partial charge in [0, 0.05) is 0 Å². The minimum Gasteiger partial charge on any atom is -0.373 e. The summed E-state index contributed by atoms with van der Waals surface area (Å²) in [5.74, 6) is 1.97. The zero-order chi connectivity index (χ0) is 7.68. The predicted octanol–water partition coefficient (Wildman–Crippen LogP) is 2.60. The second kappa shape index (κ2) is 3.14. The van der Waals surface area contributed by atoms with E-state index in [0.717, 1.165) is 18.4 Å². The molecule has 1 nitrogen and oxygen atoms in total. The molecule has 0 radical (unpaired) electrons. The lowest BCUT2D eigenvalue weighted by molar-refractivity contribution is 0.323. The summed E-state index contributed by atoms with van der Waals surface area (Å²) in [5, 5.41) is 0. The minimum atomic E-state index is 0.678. The summed E-state index contributed by atoms with van der Waals surface area (Å²) in [6.45, 7) is 3.35. The molecule has 2 rings (SSSR count). The normalized spacial score (nSPS) is 42.8. The van der Waals surface area contributed by atoms with Crippen molar-refractivity contribution in [1.82, 2.24) is 0 Å². The van der Waals surface area contributed by atoms with Crippen LogP contribution < -0.4 is 0 Å². The number of ether oxygens (including phenoxy) is 1. The van der Waals surface area contributed by atoms with Gasteiger partial charge in [-0.15, -0.1) is 0 Å². The van der Waals surface area contributed by atoms with Crippen LogP contribution in [0.1, 0.15) is 39.0 Å². The van der Waals surface area contributed by atoms with Crippen LogP contribution in [-0.2, 0) is 4.74 Å². The van der Waals surface area contributed by atoms with Crippen LogP contribution in [0.2, 0.25) is 0 Å². The van der Waals surface area contributed by atoms with Crippen LogP contribution in [0.5, 0.6) is 0 Å². The van der Waals surface area contributed by atoms with Gasteiger partial charge in [-0.3, -0.25) is 0 Å². The van der Waals surface area contributed by atoms with Gasteiger partial charge in [-0.05, 0) is 24.7 Å². The van der Waals surface area contributed by atoms with E-state index in [2.05, 4.69) is 6.92 Å². The number of rotatable bonds is 3. The monoisotopic (exact) mass is 154 g/mol. The Morgan fingerprint density at radius 1 is 1.36 bits per heavy atom. The standard InChI is InChI=1S/C10H18O/c1-2-3-8-4-5-9(6-8)10-7-11-10/h8-10H,2-7H2,1H3. The van der Waals surface area contributed by atoms with Crippen molar-refractivity contribution in [2.45, 2.75) is 45.1 Å². The van der Waals surface area contributed by atoms with Gasteiger partial charge < -0.3 is 4.74 Å². The summed E-state index contributed by atoms with van der Waals surface area (Å²) in [6, 6.07) is 0. The highest BCUT2D eigenvalue weighted by molar-refractivity contribution is 4.86. The molecule has 1 saturated heterocycles. The average molecular weight is 154 g/mol. The highest BCUT2D eigenvalue weighted by atomic mass is 16.6. The molecule has 0 aromatic carbocycles. The van der Waals surface area contributed by atoms with Crippen molar-refractivity contribution in [3.8, 4) is 0 Å². The Morgan fingerprint density at radius 3 is 2.82 bits per heavy atom. The fraction of sp³-hybridized carbons (Fsp3) is 1.00. The lowest BCUT2D eigenvalue weighted by Gasteiger charge is -2.07. The van der Waals surface area contributed by atoms with E-state index < -0.39 is 0 Å². The first-order valence-corrected chi connectivity index (χ1v) is 5.01. The number of hydrogen-bond acceptors (Lipinski definition) is 1. The van der Waals surface area contributed by atoms with Gasteiger partial charge in [-0.2, -0.15) is 0 Å². The fourth-order valence-corrected chi connectivity index (χ4v) is 2.45. The molecule has 1 saturated carbocycles. The molecule has 0 bridgehead atoms. The van der Waals surface area contributed by atoms with Gasteiger partial charge in [0.25, 0.3) is 0 Å². The van der Waals surface area contributed by atoms with Crippen molar-refractivity contribution in [2.75, 3.05) is 6.61 Å². The number of hydrogen-bond donors (Lipinski definition) is 0. The molecule has 2 fully saturated rings. The third kappa shape index (κ3) is 1.76. The molecule has 1 aliphatic heterocycles. The highest BCUT2D eigenvalue weighted by Gasteiger charge is 2.37. The van der Waals surface area contributed by atoms with Crippen LogP contribution in [0, 0.1) is 11.8 Å². The second-order valence-corrected chi connectivity index (χ2v) is 4.10. The lowest BCUT2D eigenvalue weighted by Crippen LogP contribution is -2.03. The van der Waals surface area contributed by atoms with Crippen molar-refractivity contribution in [3.63, 3.8) is 0 Å². The molecule has 0 N–H and O–H groups in total. The summed E-state index contributed by atoms with van der Waals surface area (Å²) in [4.78, 5) is 0. The van der Waals surface area contributed by atoms with Crippen molar-refractivity contribution >= 4 is 0 Å². The van der Waals surface area contributed by atoms with Gasteiger partial charge in [0.2, 0.25) is 0 Å². The maximum absolute atomic E-state index is 5.32. The predicted molar refractivity (Wildman–Crippen MR) is 45.5 cm³/mol. The van der Waals surface area contributed by atoms with Crippen molar-refractivity contribution in [3.05, 3.63) is 0 Å². The van der Waals surface area contributed by atoms with Gasteiger partial charge in [-0.25, -0.2) is 0 Å². The van der Waals surface area contributed by atoms with Gasteiger partial charge in [-0.1, -0.05) is 26.2 Å². The molecule has 2 aliphatic rings. The van der Waals surface area contributed by atoms with Crippen LogP contribution in [-0.4, -0.2) is 12.7 Å². The fourth-order valence-electron chi connectivity index (χ4n) is 2.45. The molecule has 0 spiro atoms. The molecule has 3 atom stereocenters. The van der Waals surface area contributed by atoms with E-state index in [1.807, 2.05) is 0 Å². The summed E-state index contributed by atoms with van der Waals surface area (Å²) >= 11 is 0. The first-order valence-electron chi connectivity index (χ1n) is 5.01. The Hall–Kier alpha value is -0.0400. The molecule has 1 aliphatic carbocycles. The first kappa shape index (κ1) is 7.60. The van der Waals surface area contributed by atoms with Gasteiger partial charge >= 0.3 is 0 Å². The van der Waals surface area contributed by atoms with E-state index in [-0.39, 0.29) is 0 Å². The van der Waals surface area contributed by atoms with Crippen LogP contribution >= 0.6 is 0 Å². The molecule has 0 amide bonds. The molecule has 0 aromatic rings. The van der Waals surface area contributed by atoms with E-state index in [4.69, 9.17) is 4.74 Å². The van der Waals surface area contributed by atoms with Crippen molar-refractivity contribution in [2.24, 2.45) is 11.8 Å². The molecule has 0 aromatic heterocycles. The molecular formula is C10H18O. The van der Waals surface area contributed by atoms with Gasteiger partial charge in [0.15, 0.2) is 0 Å². The van der Waals surface area contributed by atoms with Crippen LogP contribution in [0.25, 0.3) is 0 Å². The zero-order valence-corrected chi connectivity index (χ0v) is 7.38. The van der Waals surface area contributed by atoms with E-state index in [9.17, 15) is 0 Å². The number of epoxide rings is 1. The quantitative estimate of drug-likeness (QED) is 0.569. The Morgan fingerprint density at radius 2 is 2.18 bits per heavy atom. The summed E-state index contributed by atoms with van der Waals surface area (Å²) in [7, 11) is 0. The third-order valence-corrected chi connectivity index (χ3v) is 3.16. The van der Waals surface area contributed by atoms with Gasteiger partial charge in [0.05, 0.1) is 12.7 Å². The Kier molecular flexibility index (Phi) is 2.17. The van der Waals surface area contributed by atoms with Crippen LogP contribution in [0.15, 0.2) is 0 Å². The molecule has 3 unspecified atom stereocenters. The zero-order valence-electron chi connectivity index (χ0n) is 7.38.